The molecule has 10 heteroatoms. The van der Waals surface area contributed by atoms with E-state index in [1.165, 1.54) is 6.08 Å². The predicted octanol–water partition coefficient (Wildman–Crippen LogP) is 3.75. The summed E-state index contributed by atoms with van der Waals surface area (Å²) in [6.07, 6.45) is 3.46. The Morgan fingerprint density at radius 1 is 1.14 bits per heavy atom. The molecule has 1 N–H and O–H groups in total. The molecule has 0 amide bonds. The number of carbonyl (C=O) groups is 4. The quantitative estimate of drug-likeness (QED) is 0.432. The predicted molar refractivity (Wildman–Crippen MR) is 127 cm³/mol. The number of carbonyl (C=O) groups excluding carboxylic acids is 4. The molecule has 0 aromatic carbocycles. The minimum atomic E-state index is -1.73. The molecular formula is C26H33ClO9. The lowest BCUT2D eigenvalue weighted by Gasteiger charge is -2.64. The van der Waals surface area contributed by atoms with Crippen LogP contribution in [-0.4, -0.2) is 66.4 Å². The maximum Gasteiger partial charge on any atom is 0.509 e. The first-order chi connectivity index (χ1) is 16.8. The van der Waals surface area contributed by atoms with Crippen LogP contribution in [0.15, 0.2) is 23.8 Å². The molecular weight excluding hydrogens is 492 g/mol. The molecule has 0 heterocycles. The van der Waals surface area contributed by atoms with Gasteiger partial charge in [0.15, 0.2) is 18.0 Å². The molecule has 0 spiro atoms. The van der Waals surface area contributed by atoms with Gasteiger partial charge < -0.3 is 24.1 Å². The van der Waals surface area contributed by atoms with Gasteiger partial charge in [-0.1, -0.05) is 32.4 Å². The number of fused-ring (bicyclic) bond motifs is 5. The number of hydrogen-bond acceptors (Lipinski definition) is 9. The lowest BCUT2D eigenvalue weighted by molar-refractivity contribution is -0.184. The van der Waals surface area contributed by atoms with Crippen LogP contribution in [0, 0.1) is 28.6 Å². The molecule has 3 saturated carbocycles. The number of Topliss-reactive ketones (excluding diaryl/α,β-unsaturated/α-hetero) is 1. The van der Waals surface area contributed by atoms with E-state index in [0.717, 1.165) is 19.8 Å². The van der Waals surface area contributed by atoms with Gasteiger partial charge >= 0.3 is 12.3 Å². The number of ether oxygens (including phenoxy) is 4. The van der Waals surface area contributed by atoms with Crippen LogP contribution >= 0.6 is 11.6 Å². The summed E-state index contributed by atoms with van der Waals surface area (Å²) < 4.78 is 20.0. The van der Waals surface area contributed by atoms with E-state index in [4.69, 9.17) is 25.8 Å². The van der Waals surface area contributed by atoms with Gasteiger partial charge in [-0.15, -0.1) is 11.6 Å². The molecule has 198 valence electrons. The standard InChI is InChI=1S/C26H33ClO9/c1-14-10-18-17-7-6-15-11-16(28)8-9-23(15,2)25(17,27)19(29)12-24(18,3)26(14,36-22(32)34-5)20(30)13-35-21(31)33-4/h8-9,11,14,17-19,29H,6-7,10,12-13H2,1-5H3/t14-,17+,18+,19?,23+,24+,25+,26+/m1/s1. The maximum absolute atomic E-state index is 13.7. The number of allylic oxidation sites excluding steroid dienone is 4. The van der Waals surface area contributed by atoms with Crippen LogP contribution in [0.4, 0.5) is 9.59 Å². The Kier molecular flexibility index (Phi) is 6.57. The van der Waals surface area contributed by atoms with Crippen LogP contribution in [0.25, 0.3) is 0 Å². The second kappa shape index (κ2) is 8.87. The third-order valence-electron chi connectivity index (χ3n) is 9.49. The van der Waals surface area contributed by atoms with Gasteiger partial charge in [0, 0.05) is 16.7 Å². The number of alkyl halides is 1. The number of hydrogen-bond donors (Lipinski definition) is 1. The van der Waals surface area contributed by atoms with Crippen LogP contribution in [-0.2, 0) is 28.5 Å². The van der Waals surface area contributed by atoms with Crippen molar-refractivity contribution >= 4 is 35.5 Å². The second-order valence-electron chi connectivity index (χ2n) is 10.9. The Morgan fingerprint density at radius 3 is 2.44 bits per heavy atom. The Labute approximate surface area is 215 Å². The molecule has 8 atom stereocenters. The molecule has 1 unspecified atom stereocenters. The molecule has 4 aliphatic rings. The van der Waals surface area contributed by atoms with Gasteiger partial charge in [0.05, 0.1) is 25.2 Å². The van der Waals surface area contributed by atoms with Gasteiger partial charge in [0.1, 0.15) is 0 Å². The molecule has 3 fully saturated rings. The highest BCUT2D eigenvalue weighted by molar-refractivity contribution is 6.26. The topological polar surface area (TPSA) is 125 Å². The van der Waals surface area contributed by atoms with Gasteiger partial charge in [-0.25, -0.2) is 9.59 Å². The molecule has 0 aliphatic heterocycles. The van der Waals surface area contributed by atoms with Crippen molar-refractivity contribution in [2.24, 2.45) is 28.6 Å². The van der Waals surface area contributed by atoms with Crippen molar-refractivity contribution in [2.45, 2.75) is 63.0 Å². The summed E-state index contributed by atoms with van der Waals surface area (Å²) in [6.45, 7) is 4.91. The van der Waals surface area contributed by atoms with Crippen molar-refractivity contribution in [3.8, 4) is 0 Å². The van der Waals surface area contributed by atoms with Crippen molar-refractivity contribution in [3.63, 3.8) is 0 Å². The first-order valence-corrected chi connectivity index (χ1v) is 12.5. The molecule has 4 aliphatic carbocycles. The van der Waals surface area contributed by atoms with Gasteiger partial charge in [0.2, 0.25) is 5.78 Å². The van der Waals surface area contributed by atoms with Crippen molar-refractivity contribution < 1.29 is 43.2 Å². The summed E-state index contributed by atoms with van der Waals surface area (Å²) in [4.78, 5) is 48.8. The third-order valence-corrected chi connectivity index (χ3v) is 10.4. The average molecular weight is 525 g/mol. The van der Waals surface area contributed by atoms with Crippen LogP contribution < -0.4 is 0 Å². The van der Waals surface area contributed by atoms with Gasteiger partial charge in [0.25, 0.3) is 0 Å². The fourth-order valence-corrected chi connectivity index (χ4v) is 8.39. The summed E-state index contributed by atoms with van der Waals surface area (Å²) in [5.74, 6) is -1.68. The highest BCUT2D eigenvalue weighted by Gasteiger charge is 2.76. The number of aliphatic hydroxyl groups is 1. The molecule has 0 aromatic heterocycles. The van der Waals surface area contributed by atoms with E-state index in [1.807, 2.05) is 13.8 Å². The van der Waals surface area contributed by atoms with E-state index >= 15 is 0 Å². The van der Waals surface area contributed by atoms with Crippen molar-refractivity contribution in [1.82, 2.24) is 0 Å². The summed E-state index contributed by atoms with van der Waals surface area (Å²) in [5.41, 5.74) is -2.64. The summed E-state index contributed by atoms with van der Waals surface area (Å²) >= 11 is 7.44. The number of halogens is 1. The van der Waals surface area contributed by atoms with Crippen LogP contribution in [0.5, 0.6) is 0 Å². The number of ketones is 2. The molecule has 36 heavy (non-hydrogen) atoms. The van der Waals surface area contributed by atoms with E-state index in [9.17, 15) is 24.3 Å². The monoisotopic (exact) mass is 524 g/mol. The fraction of sp³-hybridized carbons (Fsp3) is 0.692. The first kappa shape index (κ1) is 26.7. The van der Waals surface area contributed by atoms with Gasteiger partial charge in [-0.05, 0) is 49.7 Å². The summed E-state index contributed by atoms with van der Waals surface area (Å²) in [6, 6.07) is 0. The Hall–Kier alpha value is -2.39. The van der Waals surface area contributed by atoms with Crippen molar-refractivity contribution in [3.05, 3.63) is 23.8 Å². The van der Waals surface area contributed by atoms with Crippen LogP contribution in [0.3, 0.4) is 0 Å². The van der Waals surface area contributed by atoms with E-state index in [-0.39, 0.29) is 24.0 Å². The average Bonchev–Trinajstić information content (AvgIpc) is 3.05. The normalized spacial score (nSPS) is 42.9. The minimum Gasteiger partial charge on any atom is -0.438 e. The maximum atomic E-state index is 13.7. The highest BCUT2D eigenvalue weighted by atomic mass is 35.5. The summed E-state index contributed by atoms with van der Waals surface area (Å²) in [7, 11) is 2.27. The third kappa shape index (κ3) is 3.38. The van der Waals surface area contributed by atoms with E-state index in [1.54, 1.807) is 19.1 Å². The molecule has 0 saturated heterocycles. The zero-order chi connectivity index (χ0) is 26.7. The minimum absolute atomic E-state index is 0.0492. The zero-order valence-electron chi connectivity index (χ0n) is 21.2. The van der Waals surface area contributed by atoms with Crippen LogP contribution in [0.1, 0.15) is 46.5 Å². The number of rotatable bonds is 4. The Bertz CT molecular complexity index is 1050. The van der Waals surface area contributed by atoms with Gasteiger partial charge in [-0.2, -0.15) is 0 Å². The molecule has 0 aromatic rings. The molecule has 0 bridgehead atoms. The number of aliphatic hydroxyl groups excluding tert-OH is 1. The number of methoxy groups -OCH3 is 2. The van der Waals surface area contributed by atoms with E-state index < -0.39 is 58.0 Å². The Morgan fingerprint density at radius 2 is 1.81 bits per heavy atom. The SMILES string of the molecule is COC(=O)OCC(=O)[C@@]1(OC(=O)OC)[C@H](C)C[C@H]2[C@@H]3CCC4=CC(=O)C=C[C@]4(C)[C@@]3(Cl)C(O)C[C@@]21C. The van der Waals surface area contributed by atoms with Crippen LogP contribution in [0.2, 0.25) is 0 Å². The second-order valence-corrected chi connectivity index (χ2v) is 11.5. The van der Waals surface area contributed by atoms with Crippen molar-refractivity contribution in [1.29, 1.82) is 0 Å². The molecule has 4 rings (SSSR count). The van der Waals surface area contributed by atoms with E-state index in [2.05, 4.69) is 4.74 Å². The van der Waals surface area contributed by atoms with Crippen molar-refractivity contribution in [2.75, 3.05) is 20.8 Å². The lowest BCUT2D eigenvalue weighted by atomic mass is 9.45. The van der Waals surface area contributed by atoms with Gasteiger partial charge in [-0.3, -0.25) is 9.59 Å². The fourth-order valence-electron chi connectivity index (χ4n) is 7.86. The smallest absolute Gasteiger partial charge is 0.438 e. The lowest BCUT2D eigenvalue weighted by Crippen LogP contribution is -2.69. The van der Waals surface area contributed by atoms with E-state index in [0.29, 0.717) is 19.3 Å². The molecule has 9 nitrogen and oxygen atoms in total. The Balaban J connectivity index is 1.80. The first-order valence-electron chi connectivity index (χ1n) is 12.1. The summed E-state index contributed by atoms with van der Waals surface area (Å²) in [5, 5.41) is 11.7. The largest absolute Gasteiger partial charge is 0.509 e. The molecule has 0 radical (unpaired) electrons. The zero-order valence-corrected chi connectivity index (χ0v) is 21.9. The highest BCUT2D eigenvalue weighted by Crippen LogP contribution is 2.72.